The zero-order valence-corrected chi connectivity index (χ0v) is 13.3. The molecule has 1 unspecified atom stereocenters. The Morgan fingerprint density at radius 3 is 2.73 bits per heavy atom. The fourth-order valence-electron chi connectivity index (χ4n) is 1.77. The van der Waals surface area contributed by atoms with E-state index < -0.39 is 12.0 Å². The summed E-state index contributed by atoms with van der Waals surface area (Å²) in [5, 5.41) is 11.2. The summed E-state index contributed by atoms with van der Waals surface area (Å²) in [7, 11) is 3.97. The molecule has 6 nitrogen and oxygen atoms in total. The van der Waals surface area contributed by atoms with Crippen molar-refractivity contribution in [1.82, 2.24) is 10.2 Å². The predicted octanol–water partition coefficient (Wildman–Crippen LogP) is 1.15. The molecule has 1 aromatic rings. The van der Waals surface area contributed by atoms with Crippen LogP contribution in [0.2, 0.25) is 0 Å². The highest BCUT2D eigenvalue weighted by Crippen LogP contribution is 2.14. The number of hydrogen-bond donors (Lipinski definition) is 2. The molecule has 0 saturated heterocycles. The van der Waals surface area contributed by atoms with Crippen molar-refractivity contribution in [2.24, 2.45) is 0 Å². The molecule has 1 amide bonds. The number of amides is 1. The van der Waals surface area contributed by atoms with E-state index in [1.807, 2.05) is 43.3 Å². The number of nitrogens with zero attached hydrogens (tertiary/aromatic N) is 1. The van der Waals surface area contributed by atoms with Crippen LogP contribution in [0.5, 0.6) is 5.75 Å². The molecule has 0 saturated carbocycles. The first-order valence-electron chi connectivity index (χ1n) is 7.27. The number of carboxylic acid groups (broad SMARTS) is 1. The number of ether oxygens (including phenoxy) is 1. The van der Waals surface area contributed by atoms with Crippen LogP contribution in [0, 0.1) is 0 Å². The van der Waals surface area contributed by atoms with E-state index in [-0.39, 0.29) is 12.3 Å². The predicted molar refractivity (Wildman–Crippen MR) is 84.1 cm³/mol. The van der Waals surface area contributed by atoms with Crippen molar-refractivity contribution in [1.29, 1.82) is 0 Å². The molecule has 0 aromatic heterocycles. The lowest BCUT2D eigenvalue weighted by Gasteiger charge is -2.12. The number of nitrogens with one attached hydrogen (secondary N) is 1. The first-order valence-corrected chi connectivity index (χ1v) is 7.27. The topological polar surface area (TPSA) is 78.9 Å². The summed E-state index contributed by atoms with van der Waals surface area (Å²) in [5.74, 6) is -0.530. The summed E-state index contributed by atoms with van der Waals surface area (Å²) in [6.07, 6.45) is 0.793. The lowest BCUT2D eigenvalue weighted by molar-refractivity contribution is -0.141. The summed E-state index contributed by atoms with van der Waals surface area (Å²) in [6, 6.07) is 6.73. The van der Waals surface area contributed by atoms with Crippen LogP contribution in [0.4, 0.5) is 0 Å². The van der Waals surface area contributed by atoms with Crippen molar-refractivity contribution in [3.8, 4) is 5.75 Å². The number of aryl methyl sites for hydroxylation is 1. The van der Waals surface area contributed by atoms with Crippen LogP contribution in [0.3, 0.4) is 0 Å². The van der Waals surface area contributed by atoms with Crippen molar-refractivity contribution in [2.45, 2.75) is 25.8 Å². The maximum atomic E-state index is 11.7. The third-order valence-electron chi connectivity index (χ3n) is 3.09. The van der Waals surface area contributed by atoms with Gasteiger partial charge in [0.2, 0.25) is 5.91 Å². The van der Waals surface area contributed by atoms with Gasteiger partial charge in [0.25, 0.3) is 0 Å². The molecule has 0 heterocycles. The largest absolute Gasteiger partial charge is 0.492 e. The minimum Gasteiger partial charge on any atom is -0.492 e. The maximum Gasteiger partial charge on any atom is 0.325 e. The van der Waals surface area contributed by atoms with E-state index in [2.05, 4.69) is 5.32 Å². The van der Waals surface area contributed by atoms with Gasteiger partial charge in [0.05, 0.1) is 0 Å². The van der Waals surface area contributed by atoms with Crippen molar-refractivity contribution < 1.29 is 19.4 Å². The number of carbonyl (C=O) groups excluding carboxylic acids is 1. The van der Waals surface area contributed by atoms with Gasteiger partial charge < -0.3 is 20.1 Å². The molecule has 6 heteroatoms. The Labute approximate surface area is 131 Å². The average molecular weight is 308 g/mol. The third kappa shape index (κ3) is 7.08. The van der Waals surface area contributed by atoms with Gasteiger partial charge in [-0.2, -0.15) is 0 Å². The second kappa shape index (κ2) is 9.04. The SMILES string of the molecule is CC(NC(=O)CCc1cccc(OCCN(C)C)c1)C(=O)O. The Hall–Kier alpha value is -2.08. The van der Waals surface area contributed by atoms with Crippen molar-refractivity contribution in [3.63, 3.8) is 0 Å². The minimum absolute atomic E-state index is 0.249. The molecule has 0 aliphatic rings. The average Bonchev–Trinajstić information content (AvgIpc) is 2.45. The van der Waals surface area contributed by atoms with Crippen LogP contribution in [-0.4, -0.2) is 55.2 Å². The van der Waals surface area contributed by atoms with Gasteiger partial charge in [-0.25, -0.2) is 0 Å². The fraction of sp³-hybridized carbons (Fsp3) is 0.500. The lowest BCUT2D eigenvalue weighted by atomic mass is 10.1. The molecule has 0 bridgehead atoms. The Kier molecular flexibility index (Phi) is 7.39. The van der Waals surface area contributed by atoms with E-state index in [0.29, 0.717) is 13.0 Å². The molecular formula is C16H24N2O4. The number of likely N-dealkylation sites (N-methyl/N-ethyl adjacent to an activating group) is 1. The van der Waals surface area contributed by atoms with Crippen molar-refractivity contribution in [2.75, 3.05) is 27.2 Å². The van der Waals surface area contributed by atoms with Crippen LogP contribution in [0.1, 0.15) is 18.9 Å². The molecule has 1 atom stereocenters. The highest BCUT2D eigenvalue weighted by molar-refractivity contribution is 5.83. The summed E-state index contributed by atoms with van der Waals surface area (Å²) in [6.45, 7) is 2.88. The molecule has 0 fully saturated rings. The minimum atomic E-state index is -1.04. The molecular weight excluding hydrogens is 284 g/mol. The first-order chi connectivity index (χ1) is 10.4. The molecule has 1 aromatic carbocycles. The van der Waals surface area contributed by atoms with E-state index in [0.717, 1.165) is 17.9 Å². The number of benzene rings is 1. The van der Waals surface area contributed by atoms with Gasteiger partial charge in [-0.1, -0.05) is 12.1 Å². The quantitative estimate of drug-likeness (QED) is 0.715. The molecule has 2 N–H and O–H groups in total. The van der Waals surface area contributed by atoms with E-state index in [4.69, 9.17) is 9.84 Å². The van der Waals surface area contributed by atoms with Crippen LogP contribution in [0.15, 0.2) is 24.3 Å². The Morgan fingerprint density at radius 2 is 2.09 bits per heavy atom. The van der Waals surface area contributed by atoms with Crippen LogP contribution in [-0.2, 0) is 16.0 Å². The van der Waals surface area contributed by atoms with Gasteiger partial charge in [-0.05, 0) is 45.1 Å². The Balaban J connectivity index is 2.42. The van der Waals surface area contributed by atoms with Gasteiger partial charge in [-0.15, -0.1) is 0 Å². The van der Waals surface area contributed by atoms with Crippen LogP contribution < -0.4 is 10.1 Å². The zero-order chi connectivity index (χ0) is 16.5. The standard InChI is InChI=1S/C16H24N2O4/c1-12(16(20)21)17-15(19)8-7-13-5-4-6-14(11-13)22-10-9-18(2)3/h4-6,11-12H,7-10H2,1-3H3,(H,17,19)(H,20,21). The number of hydrogen-bond acceptors (Lipinski definition) is 4. The highest BCUT2D eigenvalue weighted by atomic mass is 16.5. The highest BCUT2D eigenvalue weighted by Gasteiger charge is 2.13. The third-order valence-corrected chi connectivity index (χ3v) is 3.09. The fourth-order valence-corrected chi connectivity index (χ4v) is 1.77. The summed E-state index contributed by atoms with van der Waals surface area (Å²) in [4.78, 5) is 24.4. The summed E-state index contributed by atoms with van der Waals surface area (Å²) < 4.78 is 5.64. The summed E-state index contributed by atoms with van der Waals surface area (Å²) in [5.41, 5.74) is 0.987. The molecule has 0 aliphatic carbocycles. The number of carbonyl (C=O) groups is 2. The van der Waals surface area contributed by atoms with E-state index in [9.17, 15) is 9.59 Å². The molecule has 122 valence electrons. The molecule has 0 radical (unpaired) electrons. The monoisotopic (exact) mass is 308 g/mol. The number of carboxylic acids is 1. The maximum absolute atomic E-state index is 11.7. The van der Waals surface area contributed by atoms with E-state index in [1.54, 1.807) is 0 Å². The van der Waals surface area contributed by atoms with E-state index in [1.165, 1.54) is 6.92 Å². The first kappa shape index (κ1) is 18.0. The van der Waals surface area contributed by atoms with Gasteiger partial charge in [0.15, 0.2) is 0 Å². The van der Waals surface area contributed by atoms with Crippen molar-refractivity contribution in [3.05, 3.63) is 29.8 Å². The molecule has 1 rings (SSSR count). The van der Waals surface area contributed by atoms with Gasteiger partial charge in [0, 0.05) is 13.0 Å². The number of aliphatic carboxylic acids is 1. The van der Waals surface area contributed by atoms with Gasteiger partial charge in [-0.3, -0.25) is 9.59 Å². The normalized spacial score (nSPS) is 12.0. The smallest absolute Gasteiger partial charge is 0.325 e. The Bertz CT molecular complexity index is 503. The van der Waals surface area contributed by atoms with Gasteiger partial charge >= 0.3 is 5.97 Å². The Morgan fingerprint density at radius 1 is 1.36 bits per heavy atom. The zero-order valence-electron chi connectivity index (χ0n) is 13.3. The van der Waals surface area contributed by atoms with E-state index >= 15 is 0 Å². The second-order valence-corrected chi connectivity index (χ2v) is 5.43. The van der Waals surface area contributed by atoms with Crippen molar-refractivity contribution >= 4 is 11.9 Å². The number of rotatable bonds is 9. The summed E-state index contributed by atoms with van der Waals surface area (Å²) >= 11 is 0. The second-order valence-electron chi connectivity index (χ2n) is 5.43. The van der Waals surface area contributed by atoms with Crippen LogP contribution in [0.25, 0.3) is 0 Å². The molecule has 0 spiro atoms. The van der Waals surface area contributed by atoms with Crippen LogP contribution >= 0.6 is 0 Å². The molecule has 0 aliphatic heterocycles. The van der Waals surface area contributed by atoms with Gasteiger partial charge in [0.1, 0.15) is 18.4 Å². The molecule has 22 heavy (non-hydrogen) atoms. The lowest BCUT2D eigenvalue weighted by Crippen LogP contribution is -2.38.